The molecule has 0 aromatic heterocycles. The molecule has 0 bridgehead atoms. The summed E-state index contributed by atoms with van der Waals surface area (Å²) in [6.07, 6.45) is 0. The number of amidine groups is 1. The summed E-state index contributed by atoms with van der Waals surface area (Å²) in [6, 6.07) is 26.4. The lowest BCUT2D eigenvalue weighted by Gasteiger charge is -2.10. The quantitative estimate of drug-likeness (QED) is 0.522. The largest absolute Gasteiger partial charge is 0.489 e. The van der Waals surface area contributed by atoms with Crippen LogP contribution in [0.4, 0.5) is 5.69 Å². The zero-order valence-corrected chi connectivity index (χ0v) is 14.8. The van der Waals surface area contributed by atoms with Crippen LogP contribution in [0.3, 0.4) is 0 Å². The topological polar surface area (TPSA) is 69.7 Å². The molecule has 0 spiro atoms. The van der Waals surface area contributed by atoms with Gasteiger partial charge in [0.25, 0.3) is 0 Å². The van der Waals surface area contributed by atoms with Crippen molar-refractivity contribution in [2.75, 3.05) is 5.32 Å². The Morgan fingerprint density at radius 1 is 0.852 bits per heavy atom. The average Bonchev–Trinajstić information content (AvgIpc) is 3.28. The van der Waals surface area contributed by atoms with E-state index in [0.29, 0.717) is 6.61 Å². The van der Waals surface area contributed by atoms with Crippen molar-refractivity contribution in [2.24, 2.45) is 5.10 Å². The van der Waals surface area contributed by atoms with Crippen molar-refractivity contribution in [3.05, 3.63) is 95.6 Å². The number of nitrogens with one attached hydrogen (secondary N) is 4. The van der Waals surface area contributed by atoms with Gasteiger partial charge >= 0.3 is 0 Å². The van der Waals surface area contributed by atoms with Gasteiger partial charge in [0.2, 0.25) is 0 Å². The molecule has 0 saturated heterocycles. The monoisotopic (exact) mass is 359 g/mol. The van der Waals surface area contributed by atoms with Gasteiger partial charge in [-0.3, -0.25) is 5.43 Å². The van der Waals surface area contributed by atoms with Gasteiger partial charge in [-0.1, -0.05) is 54.6 Å². The predicted octanol–water partition coefficient (Wildman–Crippen LogP) is 3.15. The van der Waals surface area contributed by atoms with E-state index in [-0.39, 0.29) is 0 Å². The molecule has 3 aromatic carbocycles. The molecule has 1 aliphatic rings. The molecular formula is C21H21N5O. The number of hydrogen-bond donors (Lipinski definition) is 4. The zero-order chi connectivity index (χ0) is 18.3. The van der Waals surface area contributed by atoms with E-state index >= 15 is 0 Å². The van der Waals surface area contributed by atoms with Gasteiger partial charge in [0.05, 0.1) is 0 Å². The third-order valence-corrected chi connectivity index (χ3v) is 4.21. The second kappa shape index (κ2) is 8.25. The van der Waals surface area contributed by atoms with Crippen molar-refractivity contribution in [1.82, 2.24) is 16.5 Å². The molecular weight excluding hydrogens is 338 g/mol. The molecule has 0 atom stereocenters. The summed E-state index contributed by atoms with van der Waals surface area (Å²) in [5.74, 6) is 1.63. The predicted molar refractivity (Wildman–Crippen MR) is 107 cm³/mol. The first kappa shape index (κ1) is 16.9. The number of nitrogens with zero attached hydrogens (tertiary/aromatic N) is 1. The Morgan fingerprint density at radius 2 is 1.70 bits per heavy atom. The third-order valence-electron chi connectivity index (χ3n) is 4.21. The van der Waals surface area contributed by atoms with Crippen LogP contribution in [0.15, 0.2) is 84.0 Å². The second-order valence-corrected chi connectivity index (χ2v) is 6.17. The molecule has 0 radical (unpaired) electrons. The van der Waals surface area contributed by atoms with E-state index in [4.69, 9.17) is 4.74 Å². The number of anilines is 1. The van der Waals surface area contributed by atoms with Gasteiger partial charge in [-0.05, 0) is 35.4 Å². The minimum absolute atomic E-state index is 0.576. The first-order chi connectivity index (χ1) is 13.4. The van der Waals surface area contributed by atoms with E-state index in [2.05, 4.69) is 57.2 Å². The molecule has 6 nitrogen and oxygen atoms in total. The standard InChI is InChI=1S/C21H21N5O/c1-2-5-17(6-3-1)15-27-20-11-9-16(10-12-20)14-22-19-8-4-7-18(13-19)21-23-25-26-24-21/h1-13,22,25-26H,14-15H2,(H,23,24). The summed E-state index contributed by atoms with van der Waals surface area (Å²) in [4.78, 5) is 0. The highest BCUT2D eigenvalue weighted by Gasteiger charge is 2.07. The Morgan fingerprint density at radius 3 is 2.48 bits per heavy atom. The zero-order valence-electron chi connectivity index (χ0n) is 14.8. The van der Waals surface area contributed by atoms with Gasteiger partial charge in [-0.15, -0.1) is 10.6 Å². The maximum atomic E-state index is 5.83. The van der Waals surface area contributed by atoms with Crippen molar-refractivity contribution in [2.45, 2.75) is 13.2 Å². The summed E-state index contributed by atoms with van der Waals surface area (Å²) in [6.45, 7) is 1.31. The lowest BCUT2D eigenvalue weighted by Crippen LogP contribution is -2.35. The van der Waals surface area contributed by atoms with E-state index in [1.807, 2.05) is 48.5 Å². The van der Waals surface area contributed by atoms with E-state index in [1.165, 1.54) is 5.56 Å². The summed E-state index contributed by atoms with van der Waals surface area (Å²) in [5.41, 5.74) is 12.7. The highest BCUT2D eigenvalue weighted by atomic mass is 16.5. The molecule has 1 aliphatic heterocycles. The van der Waals surface area contributed by atoms with Crippen molar-refractivity contribution < 1.29 is 4.74 Å². The van der Waals surface area contributed by atoms with Crippen LogP contribution in [0.1, 0.15) is 16.7 Å². The van der Waals surface area contributed by atoms with Crippen LogP contribution in [-0.4, -0.2) is 5.84 Å². The lowest BCUT2D eigenvalue weighted by molar-refractivity contribution is 0.306. The molecule has 0 unspecified atom stereocenters. The second-order valence-electron chi connectivity index (χ2n) is 6.17. The molecule has 0 fully saturated rings. The highest BCUT2D eigenvalue weighted by molar-refractivity contribution is 5.99. The van der Waals surface area contributed by atoms with E-state index in [9.17, 15) is 0 Å². The van der Waals surface area contributed by atoms with Crippen LogP contribution in [0.2, 0.25) is 0 Å². The molecule has 4 rings (SSSR count). The van der Waals surface area contributed by atoms with E-state index in [0.717, 1.165) is 34.9 Å². The van der Waals surface area contributed by atoms with Gasteiger partial charge in [-0.25, -0.2) is 5.53 Å². The van der Waals surface area contributed by atoms with Gasteiger partial charge in [0, 0.05) is 17.8 Å². The number of hydrogen-bond acceptors (Lipinski definition) is 6. The molecule has 0 amide bonds. The summed E-state index contributed by atoms with van der Waals surface area (Å²) in [5, 5.41) is 7.55. The van der Waals surface area contributed by atoms with Crippen molar-refractivity contribution >= 4 is 11.5 Å². The number of rotatable bonds is 7. The number of hydrazone groups is 1. The minimum Gasteiger partial charge on any atom is -0.489 e. The summed E-state index contributed by atoms with van der Waals surface area (Å²) < 4.78 is 5.83. The van der Waals surface area contributed by atoms with Crippen LogP contribution in [0.5, 0.6) is 5.75 Å². The number of hydrazine groups is 2. The maximum Gasteiger partial charge on any atom is 0.170 e. The maximum absolute atomic E-state index is 5.83. The molecule has 3 aromatic rings. The van der Waals surface area contributed by atoms with Gasteiger partial charge in [0.1, 0.15) is 12.4 Å². The molecule has 136 valence electrons. The Balaban J connectivity index is 1.32. The van der Waals surface area contributed by atoms with E-state index in [1.54, 1.807) is 0 Å². The lowest BCUT2D eigenvalue weighted by atomic mass is 10.1. The van der Waals surface area contributed by atoms with Gasteiger partial charge in [-0.2, -0.15) is 0 Å². The smallest absolute Gasteiger partial charge is 0.170 e. The number of ether oxygens (including phenoxy) is 1. The first-order valence-corrected chi connectivity index (χ1v) is 8.80. The van der Waals surface area contributed by atoms with Crippen LogP contribution >= 0.6 is 0 Å². The van der Waals surface area contributed by atoms with Crippen LogP contribution in [0.25, 0.3) is 0 Å². The molecule has 27 heavy (non-hydrogen) atoms. The third kappa shape index (κ3) is 4.56. The van der Waals surface area contributed by atoms with Gasteiger partial charge < -0.3 is 10.1 Å². The molecule has 0 saturated carbocycles. The average molecular weight is 359 g/mol. The summed E-state index contributed by atoms with van der Waals surface area (Å²) in [7, 11) is 0. The molecule has 4 N–H and O–H groups in total. The van der Waals surface area contributed by atoms with Crippen molar-refractivity contribution in [1.29, 1.82) is 0 Å². The van der Waals surface area contributed by atoms with Crippen LogP contribution in [0, 0.1) is 0 Å². The van der Waals surface area contributed by atoms with E-state index < -0.39 is 0 Å². The molecule has 0 aliphatic carbocycles. The SMILES string of the molecule is c1ccc(COc2ccc(CNc3cccc(C4=NNNN4)c3)cc2)cc1. The van der Waals surface area contributed by atoms with Gasteiger partial charge in [0.15, 0.2) is 5.84 Å². The highest BCUT2D eigenvalue weighted by Crippen LogP contribution is 2.16. The Kier molecular flexibility index (Phi) is 5.17. The Labute approximate surface area is 158 Å². The van der Waals surface area contributed by atoms with Crippen molar-refractivity contribution in [3.8, 4) is 5.75 Å². The van der Waals surface area contributed by atoms with Crippen molar-refractivity contribution in [3.63, 3.8) is 0 Å². The first-order valence-electron chi connectivity index (χ1n) is 8.80. The molecule has 6 heteroatoms. The molecule has 1 heterocycles. The summed E-state index contributed by atoms with van der Waals surface area (Å²) >= 11 is 0. The fraction of sp³-hybridized carbons (Fsp3) is 0.0952. The van der Waals surface area contributed by atoms with Crippen LogP contribution < -0.4 is 26.5 Å². The fourth-order valence-corrected chi connectivity index (χ4v) is 2.76. The Hall–Kier alpha value is -3.51. The number of benzene rings is 3. The minimum atomic E-state index is 0.576. The normalized spacial score (nSPS) is 12.7. The van der Waals surface area contributed by atoms with Crippen LogP contribution in [-0.2, 0) is 13.2 Å². The fourth-order valence-electron chi connectivity index (χ4n) is 2.76. The Bertz CT molecular complexity index is 909.